The molecule has 2 aromatic rings. The average molecular weight is 296 g/mol. The van der Waals surface area contributed by atoms with Crippen molar-refractivity contribution in [3.05, 3.63) is 41.6 Å². The number of aromatic nitrogens is 2. The van der Waals surface area contributed by atoms with Gasteiger partial charge >= 0.3 is 0 Å². The lowest BCUT2D eigenvalue weighted by atomic mass is 10.2. The van der Waals surface area contributed by atoms with Gasteiger partial charge in [-0.25, -0.2) is 4.98 Å². The molecule has 1 aromatic heterocycles. The van der Waals surface area contributed by atoms with E-state index in [-0.39, 0.29) is 0 Å². The Morgan fingerprint density at radius 2 is 1.73 bits per heavy atom. The predicted octanol–water partition coefficient (Wildman–Crippen LogP) is 4.22. The number of benzene rings is 1. The van der Waals surface area contributed by atoms with E-state index in [9.17, 15) is 0 Å². The first-order valence-electron chi connectivity index (χ1n) is 8.15. The fourth-order valence-electron chi connectivity index (χ4n) is 2.92. The minimum atomic E-state index is 0.685. The molecule has 0 radical (unpaired) electrons. The van der Waals surface area contributed by atoms with Gasteiger partial charge in [0.25, 0.3) is 0 Å². The maximum Gasteiger partial charge on any atom is 0.229 e. The molecule has 1 aromatic carbocycles. The molecule has 116 valence electrons. The van der Waals surface area contributed by atoms with E-state index in [1.165, 1.54) is 31.2 Å². The third-order valence-electron chi connectivity index (χ3n) is 4.04. The standard InChI is InChI=1S/C18H24N4/c1-14-8-7-9-16(12-14)20-18-19-15(2)13-17(21-18)22-10-5-3-4-6-11-22/h7-9,12-13H,3-6,10-11H2,1-2H3,(H,19,20,21). The molecule has 3 rings (SSSR count). The van der Waals surface area contributed by atoms with Crippen molar-refractivity contribution in [2.45, 2.75) is 39.5 Å². The van der Waals surface area contributed by atoms with Crippen LogP contribution in [0.25, 0.3) is 0 Å². The Kier molecular flexibility index (Phi) is 4.56. The highest BCUT2D eigenvalue weighted by Crippen LogP contribution is 2.21. The zero-order valence-electron chi connectivity index (χ0n) is 13.5. The first kappa shape index (κ1) is 14.8. The Labute approximate surface area is 132 Å². The van der Waals surface area contributed by atoms with Crippen LogP contribution < -0.4 is 10.2 Å². The Morgan fingerprint density at radius 1 is 0.955 bits per heavy atom. The molecule has 1 N–H and O–H groups in total. The van der Waals surface area contributed by atoms with E-state index in [0.29, 0.717) is 5.95 Å². The van der Waals surface area contributed by atoms with Gasteiger partial charge in [-0.1, -0.05) is 25.0 Å². The topological polar surface area (TPSA) is 41.1 Å². The number of nitrogens with one attached hydrogen (secondary N) is 1. The number of aryl methyl sites for hydroxylation is 2. The maximum absolute atomic E-state index is 4.73. The van der Waals surface area contributed by atoms with Crippen molar-refractivity contribution >= 4 is 17.5 Å². The van der Waals surface area contributed by atoms with Gasteiger partial charge in [0.05, 0.1) is 0 Å². The second-order valence-electron chi connectivity index (χ2n) is 6.09. The molecule has 0 amide bonds. The summed E-state index contributed by atoms with van der Waals surface area (Å²) in [5, 5.41) is 3.33. The van der Waals surface area contributed by atoms with E-state index in [0.717, 1.165) is 30.3 Å². The normalized spacial score (nSPS) is 15.5. The zero-order valence-corrected chi connectivity index (χ0v) is 13.5. The summed E-state index contributed by atoms with van der Waals surface area (Å²) >= 11 is 0. The van der Waals surface area contributed by atoms with Crippen molar-refractivity contribution in [1.82, 2.24) is 9.97 Å². The molecule has 0 saturated carbocycles. The highest BCUT2D eigenvalue weighted by atomic mass is 15.2. The lowest BCUT2D eigenvalue weighted by Gasteiger charge is -2.22. The summed E-state index contributed by atoms with van der Waals surface area (Å²) < 4.78 is 0. The highest BCUT2D eigenvalue weighted by molar-refractivity contribution is 5.56. The Bertz CT molecular complexity index is 631. The second kappa shape index (κ2) is 6.77. The van der Waals surface area contributed by atoms with Crippen molar-refractivity contribution < 1.29 is 0 Å². The summed E-state index contributed by atoms with van der Waals surface area (Å²) in [7, 11) is 0. The molecule has 0 atom stereocenters. The minimum Gasteiger partial charge on any atom is -0.356 e. The summed E-state index contributed by atoms with van der Waals surface area (Å²) in [4.78, 5) is 11.6. The van der Waals surface area contributed by atoms with Crippen molar-refractivity contribution in [3.8, 4) is 0 Å². The second-order valence-corrected chi connectivity index (χ2v) is 6.09. The smallest absolute Gasteiger partial charge is 0.229 e. The van der Waals surface area contributed by atoms with Gasteiger partial charge in [-0.05, 0) is 44.4 Å². The number of rotatable bonds is 3. The summed E-state index contributed by atoms with van der Waals surface area (Å²) in [5.74, 6) is 1.73. The number of anilines is 3. The highest BCUT2D eigenvalue weighted by Gasteiger charge is 2.13. The van der Waals surface area contributed by atoms with Crippen LogP contribution in [0.2, 0.25) is 0 Å². The van der Waals surface area contributed by atoms with Gasteiger partial charge in [0, 0.05) is 30.5 Å². The average Bonchev–Trinajstić information content (AvgIpc) is 2.75. The number of nitrogens with zero attached hydrogens (tertiary/aromatic N) is 3. The molecule has 0 aliphatic carbocycles. The molecule has 1 aliphatic rings. The largest absolute Gasteiger partial charge is 0.356 e. The van der Waals surface area contributed by atoms with Gasteiger partial charge in [-0.3, -0.25) is 0 Å². The van der Waals surface area contributed by atoms with Crippen LogP contribution in [0, 0.1) is 13.8 Å². The van der Waals surface area contributed by atoms with Gasteiger partial charge < -0.3 is 10.2 Å². The molecule has 1 aliphatic heterocycles. The van der Waals surface area contributed by atoms with E-state index < -0.39 is 0 Å². The first-order valence-corrected chi connectivity index (χ1v) is 8.15. The molecule has 22 heavy (non-hydrogen) atoms. The van der Waals surface area contributed by atoms with Crippen LogP contribution >= 0.6 is 0 Å². The van der Waals surface area contributed by atoms with E-state index >= 15 is 0 Å². The van der Waals surface area contributed by atoms with Crippen molar-refractivity contribution in [2.24, 2.45) is 0 Å². The first-order chi connectivity index (χ1) is 10.7. The molecule has 2 heterocycles. The summed E-state index contributed by atoms with van der Waals surface area (Å²) in [6, 6.07) is 10.4. The minimum absolute atomic E-state index is 0.685. The van der Waals surface area contributed by atoms with E-state index in [1.54, 1.807) is 0 Å². The molecular weight excluding hydrogens is 272 g/mol. The van der Waals surface area contributed by atoms with Crippen LogP contribution in [0.15, 0.2) is 30.3 Å². The Balaban J connectivity index is 1.82. The third kappa shape index (κ3) is 3.75. The van der Waals surface area contributed by atoms with Crippen molar-refractivity contribution in [1.29, 1.82) is 0 Å². The maximum atomic E-state index is 4.73. The SMILES string of the molecule is Cc1cccc(Nc2nc(C)cc(N3CCCCCC3)n2)c1. The van der Waals surface area contributed by atoms with Crippen LogP contribution in [0.4, 0.5) is 17.5 Å². The molecule has 1 saturated heterocycles. The molecule has 0 spiro atoms. The van der Waals surface area contributed by atoms with E-state index in [1.807, 2.05) is 19.1 Å². The lowest BCUT2D eigenvalue weighted by molar-refractivity contribution is 0.726. The van der Waals surface area contributed by atoms with Crippen LogP contribution in [0.1, 0.15) is 36.9 Å². The predicted molar refractivity (Wildman–Crippen MR) is 91.9 cm³/mol. The Morgan fingerprint density at radius 3 is 2.45 bits per heavy atom. The fourth-order valence-corrected chi connectivity index (χ4v) is 2.92. The molecular formula is C18H24N4. The molecule has 4 heteroatoms. The molecule has 4 nitrogen and oxygen atoms in total. The van der Waals surface area contributed by atoms with Gasteiger partial charge in [0.1, 0.15) is 5.82 Å². The van der Waals surface area contributed by atoms with Crippen LogP contribution in [0.3, 0.4) is 0 Å². The van der Waals surface area contributed by atoms with E-state index in [2.05, 4.69) is 40.3 Å². The number of hydrogen-bond acceptors (Lipinski definition) is 4. The van der Waals surface area contributed by atoms with Gasteiger partial charge in [-0.15, -0.1) is 0 Å². The monoisotopic (exact) mass is 296 g/mol. The summed E-state index contributed by atoms with van der Waals surface area (Å²) in [6.45, 7) is 6.32. The van der Waals surface area contributed by atoms with E-state index in [4.69, 9.17) is 4.98 Å². The zero-order chi connectivity index (χ0) is 15.4. The van der Waals surface area contributed by atoms with Gasteiger partial charge in [0.15, 0.2) is 0 Å². The Hall–Kier alpha value is -2.10. The van der Waals surface area contributed by atoms with Crippen molar-refractivity contribution in [2.75, 3.05) is 23.3 Å². The van der Waals surface area contributed by atoms with Gasteiger partial charge in [0.2, 0.25) is 5.95 Å². The lowest BCUT2D eigenvalue weighted by Crippen LogP contribution is -2.25. The van der Waals surface area contributed by atoms with Crippen LogP contribution in [-0.2, 0) is 0 Å². The van der Waals surface area contributed by atoms with Gasteiger partial charge in [-0.2, -0.15) is 4.98 Å². The van der Waals surface area contributed by atoms with Crippen LogP contribution in [0.5, 0.6) is 0 Å². The molecule has 0 unspecified atom stereocenters. The van der Waals surface area contributed by atoms with Crippen LogP contribution in [-0.4, -0.2) is 23.1 Å². The fraction of sp³-hybridized carbons (Fsp3) is 0.444. The summed E-state index contributed by atoms with van der Waals surface area (Å²) in [6.07, 6.45) is 5.16. The number of hydrogen-bond donors (Lipinski definition) is 1. The molecule has 0 bridgehead atoms. The third-order valence-corrected chi connectivity index (χ3v) is 4.04. The summed E-state index contributed by atoms with van der Waals surface area (Å²) in [5.41, 5.74) is 3.27. The van der Waals surface area contributed by atoms with Crippen molar-refractivity contribution in [3.63, 3.8) is 0 Å². The quantitative estimate of drug-likeness (QED) is 0.921. The molecule has 1 fully saturated rings.